The van der Waals surface area contributed by atoms with E-state index in [2.05, 4.69) is 10.0 Å². The van der Waals surface area contributed by atoms with Crippen molar-refractivity contribution in [2.45, 2.75) is 31.3 Å². The summed E-state index contributed by atoms with van der Waals surface area (Å²) in [6, 6.07) is 25.8. The molecule has 4 aromatic rings. The van der Waals surface area contributed by atoms with Gasteiger partial charge in [0, 0.05) is 18.8 Å². The van der Waals surface area contributed by atoms with Gasteiger partial charge in [0.15, 0.2) is 6.61 Å². The van der Waals surface area contributed by atoms with Gasteiger partial charge in [-0.15, -0.1) is 0 Å². The number of anilines is 1. The average Bonchev–Trinajstić information content (AvgIpc) is 3.04. The molecule has 0 radical (unpaired) electrons. The molecule has 4 aromatic carbocycles. The van der Waals surface area contributed by atoms with Gasteiger partial charge >= 0.3 is 0 Å². The van der Waals surface area contributed by atoms with E-state index in [9.17, 15) is 22.4 Å². The second-order valence-electron chi connectivity index (χ2n) is 10.7. The number of amides is 2. The Balaban J connectivity index is 1.55. The van der Waals surface area contributed by atoms with E-state index in [0.717, 1.165) is 17.7 Å². The number of ether oxygens (including phenoxy) is 2. The van der Waals surface area contributed by atoms with Crippen LogP contribution in [0.4, 0.5) is 10.1 Å². The SMILES string of the molecule is COc1ccc(CN(C(=O)COc2ccc(S(=O)(=O)Nc3ccc(F)cc3)cc2)[C@@H](C(=O)NCC(C)C)c2ccccc2)cc1. The smallest absolute Gasteiger partial charge is 0.261 e. The fraction of sp³-hybridized carbons (Fsp3) is 0.235. The third kappa shape index (κ3) is 9.29. The van der Waals surface area contributed by atoms with Crippen molar-refractivity contribution in [1.29, 1.82) is 0 Å². The van der Waals surface area contributed by atoms with Crippen LogP contribution in [0.1, 0.15) is 31.0 Å². The number of benzene rings is 4. The first kappa shape index (κ1) is 33.0. The number of nitrogens with one attached hydrogen (secondary N) is 2. The Morgan fingerprint density at radius 2 is 1.47 bits per heavy atom. The third-order valence-electron chi connectivity index (χ3n) is 6.78. The van der Waals surface area contributed by atoms with Gasteiger partial charge in [0.1, 0.15) is 23.4 Å². The number of methoxy groups -OCH3 is 1. The molecule has 0 aliphatic carbocycles. The zero-order chi connectivity index (χ0) is 32.4. The van der Waals surface area contributed by atoms with Gasteiger partial charge in [-0.1, -0.05) is 56.3 Å². The fourth-order valence-corrected chi connectivity index (χ4v) is 5.49. The van der Waals surface area contributed by atoms with Gasteiger partial charge in [-0.2, -0.15) is 0 Å². The predicted octanol–water partition coefficient (Wildman–Crippen LogP) is 5.56. The van der Waals surface area contributed by atoms with Crippen molar-refractivity contribution in [1.82, 2.24) is 10.2 Å². The van der Waals surface area contributed by atoms with E-state index >= 15 is 0 Å². The van der Waals surface area contributed by atoms with Crippen LogP contribution in [0.2, 0.25) is 0 Å². The van der Waals surface area contributed by atoms with Gasteiger partial charge in [0.25, 0.3) is 15.9 Å². The van der Waals surface area contributed by atoms with E-state index in [-0.39, 0.29) is 34.7 Å². The lowest BCUT2D eigenvalue weighted by molar-refractivity contribution is -0.143. The number of sulfonamides is 1. The Labute approximate surface area is 263 Å². The summed E-state index contributed by atoms with van der Waals surface area (Å²) in [6.07, 6.45) is 0. The second kappa shape index (κ2) is 15.2. The van der Waals surface area contributed by atoms with Crippen molar-refractivity contribution in [3.8, 4) is 11.5 Å². The molecule has 2 N–H and O–H groups in total. The van der Waals surface area contributed by atoms with Gasteiger partial charge in [0.2, 0.25) is 5.91 Å². The Morgan fingerprint density at radius 3 is 2.07 bits per heavy atom. The van der Waals surface area contributed by atoms with E-state index in [1.54, 1.807) is 31.4 Å². The number of carbonyl (C=O) groups excluding carboxylic acids is 2. The number of hydrogen-bond donors (Lipinski definition) is 2. The highest BCUT2D eigenvalue weighted by atomic mass is 32.2. The third-order valence-corrected chi connectivity index (χ3v) is 8.18. The molecule has 0 bridgehead atoms. The first-order valence-electron chi connectivity index (χ1n) is 14.3. The second-order valence-corrected chi connectivity index (χ2v) is 12.4. The minimum atomic E-state index is -3.95. The number of hydrogen-bond acceptors (Lipinski definition) is 6. The topological polar surface area (TPSA) is 114 Å². The van der Waals surface area contributed by atoms with E-state index in [1.807, 2.05) is 44.2 Å². The largest absolute Gasteiger partial charge is 0.497 e. The number of rotatable bonds is 14. The minimum Gasteiger partial charge on any atom is -0.497 e. The van der Waals surface area contributed by atoms with Gasteiger partial charge in [-0.3, -0.25) is 14.3 Å². The van der Waals surface area contributed by atoms with Crippen molar-refractivity contribution in [3.63, 3.8) is 0 Å². The number of halogens is 1. The lowest BCUT2D eigenvalue weighted by Crippen LogP contribution is -2.45. The molecular weight excluding hydrogens is 597 g/mol. The van der Waals surface area contributed by atoms with Crippen molar-refractivity contribution < 1.29 is 31.9 Å². The molecule has 9 nitrogen and oxygen atoms in total. The summed E-state index contributed by atoms with van der Waals surface area (Å²) in [5, 5.41) is 2.96. The maximum Gasteiger partial charge on any atom is 0.261 e. The molecule has 4 rings (SSSR count). The first-order chi connectivity index (χ1) is 21.6. The summed E-state index contributed by atoms with van der Waals surface area (Å²) in [4.78, 5) is 28.8. The quantitative estimate of drug-likeness (QED) is 0.188. The Bertz CT molecular complexity index is 1660. The molecule has 0 fully saturated rings. The molecule has 0 heterocycles. The molecule has 1 atom stereocenters. The molecule has 0 unspecified atom stereocenters. The standard InChI is InChI=1S/C34H36FN3O6S/c1-24(2)21-36-34(40)33(26-7-5-4-6-8-26)38(22-25-9-15-29(43-3)16-10-25)32(39)23-44-30-17-19-31(20-18-30)45(41,42)37-28-13-11-27(35)12-14-28/h4-20,24,33,37H,21-23H2,1-3H3,(H,36,40)/t33-/m1/s1. The maximum absolute atomic E-state index is 13.8. The van der Waals surface area contributed by atoms with E-state index < -0.39 is 34.4 Å². The predicted molar refractivity (Wildman–Crippen MR) is 170 cm³/mol. The molecule has 0 saturated heterocycles. The Hall–Kier alpha value is -4.90. The normalized spacial score (nSPS) is 11.8. The summed E-state index contributed by atoms with van der Waals surface area (Å²) >= 11 is 0. The van der Waals surface area contributed by atoms with Gasteiger partial charge in [-0.05, 0) is 77.7 Å². The van der Waals surface area contributed by atoms with Crippen LogP contribution in [0.15, 0.2) is 108 Å². The van der Waals surface area contributed by atoms with Crippen LogP contribution in [-0.4, -0.2) is 45.4 Å². The van der Waals surface area contributed by atoms with Crippen LogP contribution in [0.25, 0.3) is 0 Å². The number of nitrogens with zero attached hydrogens (tertiary/aromatic N) is 1. The van der Waals surface area contributed by atoms with Crippen molar-refractivity contribution in [2.24, 2.45) is 5.92 Å². The summed E-state index contributed by atoms with van der Waals surface area (Å²) in [7, 11) is -2.38. The van der Waals surface area contributed by atoms with Crippen molar-refractivity contribution in [3.05, 3.63) is 120 Å². The molecule has 45 heavy (non-hydrogen) atoms. The van der Waals surface area contributed by atoms with E-state index in [1.165, 1.54) is 41.3 Å². The highest BCUT2D eigenvalue weighted by Gasteiger charge is 2.32. The first-order valence-corrected chi connectivity index (χ1v) is 15.8. The molecule has 2 amide bonds. The lowest BCUT2D eigenvalue weighted by atomic mass is 10.0. The highest BCUT2D eigenvalue weighted by Crippen LogP contribution is 2.26. The molecule has 0 aliphatic rings. The van der Waals surface area contributed by atoms with Crippen LogP contribution < -0.4 is 19.5 Å². The molecule has 0 aromatic heterocycles. The minimum absolute atomic E-state index is 0.0439. The average molecular weight is 634 g/mol. The van der Waals surface area contributed by atoms with Crippen LogP contribution in [0.5, 0.6) is 11.5 Å². The summed E-state index contributed by atoms with van der Waals surface area (Å²) in [6.45, 7) is 4.13. The summed E-state index contributed by atoms with van der Waals surface area (Å²) in [5.41, 5.74) is 1.64. The van der Waals surface area contributed by atoms with Gasteiger partial charge < -0.3 is 19.7 Å². The number of carbonyl (C=O) groups is 2. The molecule has 11 heteroatoms. The van der Waals surface area contributed by atoms with Crippen LogP contribution in [0, 0.1) is 11.7 Å². The molecule has 0 spiro atoms. The Morgan fingerprint density at radius 1 is 0.844 bits per heavy atom. The van der Waals surface area contributed by atoms with Crippen molar-refractivity contribution in [2.75, 3.05) is 25.0 Å². The van der Waals surface area contributed by atoms with Crippen LogP contribution >= 0.6 is 0 Å². The molecule has 0 aliphatic heterocycles. The van der Waals surface area contributed by atoms with Crippen LogP contribution in [-0.2, 0) is 26.2 Å². The lowest BCUT2D eigenvalue weighted by Gasteiger charge is -2.32. The van der Waals surface area contributed by atoms with Crippen LogP contribution in [0.3, 0.4) is 0 Å². The maximum atomic E-state index is 13.8. The zero-order valence-corrected chi connectivity index (χ0v) is 26.1. The van der Waals surface area contributed by atoms with E-state index in [4.69, 9.17) is 9.47 Å². The fourth-order valence-electron chi connectivity index (χ4n) is 4.44. The molecular formula is C34H36FN3O6S. The molecule has 236 valence electrons. The highest BCUT2D eigenvalue weighted by molar-refractivity contribution is 7.92. The summed E-state index contributed by atoms with van der Waals surface area (Å²) in [5.74, 6) is -0.129. The van der Waals surface area contributed by atoms with E-state index in [0.29, 0.717) is 17.9 Å². The summed E-state index contributed by atoms with van der Waals surface area (Å²) < 4.78 is 52.2. The van der Waals surface area contributed by atoms with Gasteiger partial charge in [0.05, 0.1) is 12.0 Å². The zero-order valence-electron chi connectivity index (χ0n) is 25.3. The monoisotopic (exact) mass is 633 g/mol. The van der Waals surface area contributed by atoms with Crippen molar-refractivity contribution >= 4 is 27.5 Å². The molecule has 0 saturated carbocycles. The van der Waals surface area contributed by atoms with Gasteiger partial charge in [-0.25, -0.2) is 12.8 Å². The Kier molecular flexibility index (Phi) is 11.2.